The molecule has 1 unspecified atom stereocenters. The third-order valence-corrected chi connectivity index (χ3v) is 3.81. The normalized spacial score (nSPS) is 13.1. The Morgan fingerprint density at radius 2 is 2.19 bits per heavy atom. The monoisotopic (exact) mass is 234 g/mol. The number of thiazole rings is 1. The van der Waals surface area contributed by atoms with E-state index in [2.05, 4.69) is 41.5 Å². The fraction of sp³-hybridized carbons (Fsp3) is 0.462. The molecule has 0 bridgehead atoms. The van der Waals surface area contributed by atoms with Crippen LogP contribution in [0.1, 0.15) is 18.4 Å². The van der Waals surface area contributed by atoms with E-state index in [1.54, 1.807) is 0 Å². The summed E-state index contributed by atoms with van der Waals surface area (Å²) in [7, 11) is 2.00. The maximum absolute atomic E-state index is 4.66. The van der Waals surface area contributed by atoms with Gasteiger partial charge in [-0.25, -0.2) is 4.98 Å². The van der Waals surface area contributed by atoms with Gasteiger partial charge < -0.3 is 5.32 Å². The van der Waals surface area contributed by atoms with Gasteiger partial charge in [-0.3, -0.25) is 0 Å². The largest absolute Gasteiger partial charge is 0.320 e. The van der Waals surface area contributed by atoms with Crippen molar-refractivity contribution in [2.45, 2.75) is 19.8 Å². The summed E-state index contributed by atoms with van der Waals surface area (Å²) in [6.45, 7) is 3.38. The topological polar surface area (TPSA) is 24.9 Å². The predicted molar refractivity (Wildman–Crippen MR) is 71.0 cm³/mol. The van der Waals surface area contributed by atoms with Gasteiger partial charge in [-0.1, -0.05) is 19.1 Å². The number of nitrogens with zero attached hydrogens (tertiary/aromatic N) is 1. The highest BCUT2D eigenvalue weighted by Gasteiger charge is 2.07. The van der Waals surface area contributed by atoms with Gasteiger partial charge in [0.05, 0.1) is 15.2 Å². The Morgan fingerprint density at radius 1 is 1.38 bits per heavy atom. The number of para-hydroxylation sites is 1. The summed E-state index contributed by atoms with van der Waals surface area (Å²) in [6.07, 6.45) is 2.31. The van der Waals surface area contributed by atoms with E-state index in [4.69, 9.17) is 0 Å². The summed E-state index contributed by atoms with van der Waals surface area (Å²) in [6, 6.07) is 8.37. The molecule has 1 atom stereocenters. The van der Waals surface area contributed by atoms with Crippen LogP contribution < -0.4 is 5.32 Å². The molecule has 86 valence electrons. The molecule has 0 aliphatic carbocycles. The molecular weight excluding hydrogens is 216 g/mol. The highest BCUT2D eigenvalue weighted by atomic mass is 32.1. The number of aromatic nitrogens is 1. The molecule has 2 nitrogen and oxygen atoms in total. The van der Waals surface area contributed by atoms with Crippen molar-refractivity contribution in [1.82, 2.24) is 10.3 Å². The number of rotatable bonds is 5. The van der Waals surface area contributed by atoms with E-state index in [0.29, 0.717) is 5.92 Å². The third kappa shape index (κ3) is 2.80. The van der Waals surface area contributed by atoms with E-state index in [1.807, 2.05) is 18.4 Å². The van der Waals surface area contributed by atoms with E-state index >= 15 is 0 Å². The van der Waals surface area contributed by atoms with Crippen molar-refractivity contribution in [2.24, 2.45) is 5.92 Å². The standard InChI is InChI=1S/C13H18N2S/c1-10(7-8-14-2)9-13-15-11-5-3-4-6-12(11)16-13/h3-6,10,14H,7-9H2,1-2H3. The number of hydrogen-bond donors (Lipinski definition) is 1. The molecule has 2 aromatic rings. The highest BCUT2D eigenvalue weighted by Crippen LogP contribution is 2.24. The second kappa shape index (κ2) is 5.41. The molecule has 1 N–H and O–H groups in total. The number of nitrogens with one attached hydrogen (secondary N) is 1. The lowest BCUT2D eigenvalue weighted by Gasteiger charge is -2.07. The van der Waals surface area contributed by atoms with Gasteiger partial charge in [0.15, 0.2) is 0 Å². The van der Waals surface area contributed by atoms with Gasteiger partial charge in [0.2, 0.25) is 0 Å². The number of hydrogen-bond acceptors (Lipinski definition) is 3. The van der Waals surface area contributed by atoms with Crippen LogP contribution in [0, 0.1) is 5.92 Å². The molecule has 1 aromatic heterocycles. The number of benzene rings is 1. The Hall–Kier alpha value is -0.930. The molecule has 0 aliphatic rings. The molecule has 2 rings (SSSR count). The highest BCUT2D eigenvalue weighted by molar-refractivity contribution is 7.18. The van der Waals surface area contributed by atoms with Crippen LogP contribution in [0.2, 0.25) is 0 Å². The van der Waals surface area contributed by atoms with E-state index in [1.165, 1.54) is 16.1 Å². The van der Waals surface area contributed by atoms with Crippen LogP contribution in [0.15, 0.2) is 24.3 Å². The van der Waals surface area contributed by atoms with Crippen molar-refractivity contribution < 1.29 is 0 Å². The zero-order valence-corrected chi connectivity index (χ0v) is 10.7. The summed E-state index contributed by atoms with van der Waals surface area (Å²) < 4.78 is 1.30. The van der Waals surface area contributed by atoms with Gasteiger partial charge >= 0.3 is 0 Å². The second-order valence-corrected chi connectivity index (χ2v) is 5.39. The Bertz CT molecular complexity index is 417. The quantitative estimate of drug-likeness (QED) is 0.860. The summed E-state index contributed by atoms with van der Waals surface area (Å²) in [5, 5.41) is 4.46. The van der Waals surface area contributed by atoms with Crippen molar-refractivity contribution in [3.63, 3.8) is 0 Å². The second-order valence-electron chi connectivity index (χ2n) is 4.28. The molecule has 1 heterocycles. The molecule has 1 aromatic carbocycles. The first-order valence-electron chi connectivity index (χ1n) is 5.78. The zero-order chi connectivity index (χ0) is 11.4. The lowest BCUT2D eigenvalue weighted by molar-refractivity contribution is 0.514. The molecular formula is C13H18N2S. The average molecular weight is 234 g/mol. The van der Waals surface area contributed by atoms with Crippen molar-refractivity contribution in [3.05, 3.63) is 29.3 Å². The molecule has 16 heavy (non-hydrogen) atoms. The van der Waals surface area contributed by atoms with Crippen LogP contribution in [0.25, 0.3) is 10.2 Å². The van der Waals surface area contributed by atoms with E-state index in [-0.39, 0.29) is 0 Å². The first-order valence-corrected chi connectivity index (χ1v) is 6.60. The van der Waals surface area contributed by atoms with Gasteiger partial charge in [-0.2, -0.15) is 0 Å². The molecule has 0 spiro atoms. The SMILES string of the molecule is CNCCC(C)Cc1nc2ccccc2s1. The van der Waals surface area contributed by atoms with Gasteiger partial charge in [-0.05, 0) is 38.1 Å². The van der Waals surface area contributed by atoms with Gasteiger partial charge in [0.1, 0.15) is 0 Å². The average Bonchev–Trinajstić information content (AvgIpc) is 2.68. The van der Waals surface area contributed by atoms with Crippen molar-refractivity contribution in [1.29, 1.82) is 0 Å². The van der Waals surface area contributed by atoms with E-state index in [0.717, 1.165) is 18.5 Å². The third-order valence-electron chi connectivity index (χ3n) is 2.75. The van der Waals surface area contributed by atoms with Crippen molar-refractivity contribution >= 4 is 21.6 Å². The zero-order valence-electron chi connectivity index (χ0n) is 9.86. The van der Waals surface area contributed by atoms with Crippen LogP contribution in [0.4, 0.5) is 0 Å². The Labute approximate surface area is 101 Å². The molecule has 0 fully saturated rings. The number of fused-ring (bicyclic) bond motifs is 1. The van der Waals surface area contributed by atoms with Crippen LogP contribution in [-0.2, 0) is 6.42 Å². The Balaban J connectivity index is 2.03. The van der Waals surface area contributed by atoms with Crippen LogP contribution in [0.5, 0.6) is 0 Å². The minimum atomic E-state index is 0.702. The van der Waals surface area contributed by atoms with Crippen molar-refractivity contribution in [2.75, 3.05) is 13.6 Å². The molecule has 0 saturated heterocycles. The Morgan fingerprint density at radius 3 is 2.94 bits per heavy atom. The Kier molecular flexibility index (Phi) is 3.91. The molecule has 0 amide bonds. The van der Waals surface area contributed by atoms with Gasteiger partial charge in [0, 0.05) is 6.42 Å². The van der Waals surface area contributed by atoms with Crippen LogP contribution >= 0.6 is 11.3 Å². The maximum Gasteiger partial charge on any atom is 0.0941 e. The van der Waals surface area contributed by atoms with Crippen LogP contribution in [0.3, 0.4) is 0 Å². The summed E-state index contributed by atoms with van der Waals surface area (Å²) in [4.78, 5) is 4.66. The lowest BCUT2D eigenvalue weighted by Crippen LogP contribution is -2.12. The summed E-state index contributed by atoms with van der Waals surface area (Å²) in [5.74, 6) is 0.702. The molecule has 0 saturated carbocycles. The maximum atomic E-state index is 4.66. The summed E-state index contributed by atoms with van der Waals surface area (Å²) in [5.41, 5.74) is 1.14. The van der Waals surface area contributed by atoms with Crippen molar-refractivity contribution in [3.8, 4) is 0 Å². The molecule has 0 aliphatic heterocycles. The summed E-state index contributed by atoms with van der Waals surface area (Å²) >= 11 is 1.83. The first-order chi connectivity index (χ1) is 7.79. The minimum Gasteiger partial charge on any atom is -0.320 e. The van der Waals surface area contributed by atoms with Gasteiger partial charge in [0.25, 0.3) is 0 Å². The fourth-order valence-corrected chi connectivity index (χ4v) is 2.93. The fourth-order valence-electron chi connectivity index (χ4n) is 1.80. The minimum absolute atomic E-state index is 0.702. The first kappa shape index (κ1) is 11.6. The molecule has 0 radical (unpaired) electrons. The van der Waals surface area contributed by atoms with Crippen LogP contribution in [-0.4, -0.2) is 18.6 Å². The predicted octanol–water partition coefficient (Wildman–Crippen LogP) is 3.08. The molecule has 3 heteroatoms. The lowest BCUT2D eigenvalue weighted by atomic mass is 10.0. The van der Waals surface area contributed by atoms with E-state index < -0.39 is 0 Å². The van der Waals surface area contributed by atoms with E-state index in [9.17, 15) is 0 Å². The smallest absolute Gasteiger partial charge is 0.0941 e. The van der Waals surface area contributed by atoms with Gasteiger partial charge in [-0.15, -0.1) is 11.3 Å².